The van der Waals surface area contributed by atoms with Crippen molar-refractivity contribution >= 4 is 21.6 Å². The number of benzene rings is 1. The number of nitrogens with one attached hydrogen (secondary N) is 1. The van der Waals surface area contributed by atoms with Crippen molar-refractivity contribution in [1.29, 1.82) is 0 Å². The largest absolute Gasteiger partial charge is 0.394 e. The zero-order chi connectivity index (χ0) is 13.9. The standard InChI is InChI=1S/C13H18ClNO3S/c14-9-6-11-2-4-12(5-3-11)19(17,18)15-13(10-16)7-1-8-13/h2-5,15-16H,1,6-10H2. The summed E-state index contributed by atoms with van der Waals surface area (Å²) in [7, 11) is -3.57. The Hall–Kier alpha value is -0.620. The van der Waals surface area contributed by atoms with Gasteiger partial charge in [0, 0.05) is 5.88 Å². The van der Waals surface area contributed by atoms with Gasteiger partial charge in [0.1, 0.15) is 0 Å². The van der Waals surface area contributed by atoms with Crippen LogP contribution in [0.3, 0.4) is 0 Å². The molecule has 1 aromatic rings. The predicted molar refractivity (Wildman–Crippen MR) is 74.9 cm³/mol. The average Bonchev–Trinajstić information content (AvgIpc) is 2.35. The van der Waals surface area contributed by atoms with Crippen LogP contribution in [0.1, 0.15) is 24.8 Å². The molecule has 0 bridgehead atoms. The van der Waals surface area contributed by atoms with Gasteiger partial charge in [-0.05, 0) is 43.4 Å². The number of sulfonamides is 1. The van der Waals surface area contributed by atoms with E-state index in [9.17, 15) is 13.5 Å². The van der Waals surface area contributed by atoms with Crippen LogP contribution in [0.25, 0.3) is 0 Å². The molecule has 0 unspecified atom stereocenters. The lowest BCUT2D eigenvalue weighted by atomic mass is 9.78. The van der Waals surface area contributed by atoms with Crippen molar-refractivity contribution in [2.45, 2.75) is 36.1 Å². The summed E-state index contributed by atoms with van der Waals surface area (Å²) in [6.07, 6.45) is 3.04. The summed E-state index contributed by atoms with van der Waals surface area (Å²) in [6.45, 7) is -0.156. The van der Waals surface area contributed by atoms with Crippen molar-refractivity contribution in [2.24, 2.45) is 0 Å². The van der Waals surface area contributed by atoms with Crippen LogP contribution >= 0.6 is 11.6 Å². The Morgan fingerprint density at radius 2 is 1.89 bits per heavy atom. The number of hydrogen-bond donors (Lipinski definition) is 2. The maximum atomic E-state index is 12.2. The highest BCUT2D eigenvalue weighted by atomic mass is 35.5. The monoisotopic (exact) mass is 303 g/mol. The second kappa shape index (κ2) is 5.79. The Labute approximate surface area is 118 Å². The van der Waals surface area contributed by atoms with Gasteiger partial charge in [-0.3, -0.25) is 0 Å². The second-order valence-electron chi connectivity index (χ2n) is 4.98. The fourth-order valence-electron chi connectivity index (χ4n) is 2.18. The minimum atomic E-state index is -3.57. The van der Waals surface area contributed by atoms with Gasteiger partial charge < -0.3 is 5.11 Å². The Balaban J connectivity index is 2.15. The smallest absolute Gasteiger partial charge is 0.241 e. The molecule has 0 aliphatic heterocycles. The molecule has 19 heavy (non-hydrogen) atoms. The molecule has 106 valence electrons. The third kappa shape index (κ3) is 3.28. The van der Waals surface area contributed by atoms with Crippen molar-refractivity contribution < 1.29 is 13.5 Å². The molecule has 1 saturated carbocycles. The maximum Gasteiger partial charge on any atom is 0.241 e. The highest BCUT2D eigenvalue weighted by molar-refractivity contribution is 7.89. The molecule has 0 spiro atoms. The van der Waals surface area contributed by atoms with E-state index >= 15 is 0 Å². The third-order valence-corrected chi connectivity index (χ3v) is 5.36. The van der Waals surface area contributed by atoms with Crippen LogP contribution in [0.2, 0.25) is 0 Å². The summed E-state index contributed by atoms with van der Waals surface area (Å²) >= 11 is 5.64. The molecule has 2 rings (SSSR count). The molecular weight excluding hydrogens is 286 g/mol. The van der Waals surface area contributed by atoms with Gasteiger partial charge in [0.25, 0.3) is 0 Å². The van der Waals surface area contributed by atoms with Gasteiger partial charge in [-0.2, -0.15) is 0 Å². The van der Waals surface area contributed by atoms with Crippen molar-refractivity contribution in [1.82, 2.24) is 4.72 Å². The normalized spacial score (nSPS) is 18.0. The van der Waals surface area contributed by atoms with E-state index in [0.717, 1.165) is 18.4 Å². The number of hydrogen-bond acceptors (Lipinski definition) is 3. The first-order valence-electron chi connectivity index (χ1n) is 6.31. The first-order valence-corrected chi connectivity index (χ1v) is 8.33. The van der Waals surface area contributed by atoms with E-state index in [0.29, 0.717) is 18.7 Å². The highest BCUT2D eigenvalue weighted by Gasteiger charge is 2.40. The summed E-state index contributed by atoms with van der Waals surface area (Å²) in [4.78, 5) is 0.227. The first kappa shape index (κ1) is 14.8. The second-order valence-corrected chi connectivity index (χ2v) is 7.04. The van der Waals surface area contributed by atoms with E-state index in [2.05, 4.69) is 4.72 Å². The molecule has 4 nitrogen and oxygen atoms in total. The molecule has 1 aromatic carbocycles. The van der Waals surface area contributed by atoms with Crippen LogP contribution in [-0.4, -0.2) is 31.6 Å². The molecular formula is C13H18ClNO3S. The van der Waals surface area contributed by atoms with Crippen LogP contribution in [0.15, 0.2) is 29.2 Å². The van der Waals surface area contributed by atoms with E-state index in [1.165, 1.54) is 0 Å². The summed E-state index contributed by atoms with van der Waals surface area (Å²) in [5, 5.41) is 9.32. The topological polar surface area (TPSA) is 66.4 Å². The van der Waals surface area contributed by atoms with Gasteiger partial charge >= 0.3 is 0 Å². The lowest BCUT2D eigenvalue weighted by Gasteiger charge is -2.40. The quantitative estimate of drug-likeness (QED) is 0.786. The van der Waals surface area contributed by atoms with Crippen molar-refractivity contribution in [3.05, 3.63) is 29.8 Å². The van der Waals surface area contributed by atoms with Gasteiger partial charge in [-0.25, -0.2) is 13.1 Å². The Bertz CT molecular complexity index is 518. The van der Waals surface area contributed by atoms with Crippen molar-refractivity contribution in [2.75, 3.05) is 12.5 Å². The fourth-order valence-corrected chi connectivity index (χ4v) is 3.85. The van der Waals surface area contributed by atoms with Crippen LogP contribution in [0.4, 0.5) is 0 Å². The molecule has 1 aliphatic carbocycles. The lowest BCUT2D eigenvalue weighted by molar-refractivity contribution is 0.110. The number of aliphatic hydroxyl groups is 1. The molecule has 1 aliphatic rings. The lowest BCUT2D eigenvalue weighted by Crippen LogP contribution is -2.55. The third-order valence-electron chi connectivity index (χ3n) is 3.58. The molecule has 0 amide bonds. The van der Waals surface area contributed by atoms with Crippen molar-refractivity contribution in [3.8, 4) is 0 Å². The molecule has 1 fully saturated rings. The van der Waals surface area contributed by atoms with Gasteiger partial charge in [-0.1, -0.05) is 12.1 Å². The number of rotatable bonds is 6. The SMILES string of the molecule is O=S(=O)(NC1(CO)CCC1)c1ccc(CCCl)cc1. The minimum Gasteiger partial charge on any atom is -0.394 e. The highest BCUT2D eigenvalue weighted by Crippen LogP contribution is 2.32. The maximum absolute atomic E-state index is 12.2. The Kier molecular flexibility index (Phi) is 4.50. The Morgan fingerprint density at radius 1 is 1.26 bits per heavy atom. The Morgan fingerprint density at radius 3 is 2.32 bits per heavy atom. The summed E-state index contributed by atoms with van der Waals surface area (Å²) in [5.41, 5.74) is 0.350. The summed E-state index contributed by atoms with van der Waals surface area (Å²) < 4.78 is 27.1. The molecule has 0 saturated heterocycles. The van der Waals surface area contributed by atoms with Gasteiger partial charge in [0.15, 0.2) is 0 Å². The molecule has 0 radical (unpaired) electrons. The number of aliphatic hydroxyl groups excluding tert-OH is 1. The van der Waals surface area contributed by atoms with E-state index in [-0.39, 0.29) is 11.5 Å². The van der Waals surface area contributed by atoms with Crippen LogP contribution in [0.5, 0.6) is 0 Å². The van der Waals surface area contributed by atoms with Gasteiger partial charge in [-0.15, -0.1) is 11.6 Å². The van der Waals surface area contributed by atoms with E-state index in [1.807, 2.05) is 0 Å². The number of alkyl halides is 1. The number of aryl methyl sites for hydroxylation is 1. The summed E-state index contributed by atoms with van der Waals surface area (Å²) in [6, 6.07) is 6.69. The average molecular weight is 304 g/mol. The van der Waals surface area contributed by atoms with Gasteiger partial charge in [0.2, 0.25) is 10.0 Å². The summed E-state index contributed by atoms with van der Waals surface area (Å²) in [5.74, 6) is 0.512. The molecule has 0 atom stereocenters. The number of halogens is 1. The van der Waals surface area contributed by atoms with Crippen LogP contribution in [0, 0.1) is 0 Å². The fraction of sp³-hybridized carbons (Fsp3) is 0.538. The molecule has 0 heterocycles. The molecule has 0 aromatic heterocycles. The van der Waals surface area contributed by atoms with Crippen LogP contribution in [-0.2, 0) is 16.4 Å². The van der Waals surface area contributed by atoms with E-state index < -0.39 is 15.6 Å². The predicted octanol–water partition coefficient (Wildman–Crippen LogP) is 1.66. The first-order chi connectivity index (χ1) is 9.01. The molecule has 6 heteroatoms. The van der Waals surface area contributed by atoms with Crippen molar-refractivity contribution in [3.63, 3.8) is 0 Å². The van der Waals surface area contributed by atoms with E-state index in [1.54, 1.807) is 24.3 Å². The van der Waals surface area contributed by atoms with Gasteiger partial charge in [0.05, 0.1) is 17.0 Å². The van der Waals surface area contributed by atoms with Crippen LogP contribution < -0.4 is 4.72 Å². The zero-order valence-electron chi connectivity index (χ0n) is 10.6. The molecule has 2 N–H and O–H groups in total. The van der Waals surface area contributed by atoms with E-state index in [4.69, 9.17) is 11.6 Å². The minimum absolute atomic E-state index is 0.156. The zero-order valence-corrected chi connectivity index (χ0v) is 12.2.